The fourth-order valence-corrected chi connectivity index (χ4v) is 2.45. The van der Waals surface area contributed by atoms with Crippen molar-refractivity contribution in [2.75, 3.05) is 11.9 Å². The molecular formula is C14H15N5O2S. The maximum atomic E-state index is 11.3. The van der Waals surface area contributed by atoms with Crippen molar-refractivity contribution in [2.24, 2.45) is 5.14 Å². The molecule has 1 heterocycles. The molecule has 0 saturated carbocycles. The van der Waals surface area contributed by atoms with Crippen LogP contribution in [0.1, 0.15) is 24.2 Å². The molecule has 0 fully saturated rings. The van der Waals surface area contributed by atoms with E-state index in [1.807, 2.05) is 24.9 Å². The van der Waals surface area contributed by atoms with E-state index in [1.54, 1.807) is 24.3 Å². The molecule has 0 bridgehead atoms. The average Bonchev–Trinajstić information content (AvgIpc) is 2.53. The Balaban J connectivity index is 2.23. The number of anilines is 1. The van der Waals surface area contributed by atoms with Gasteiger partial charge in [-0.3, -0.25) is 0 Å². The van der Waals surface area contributed by atoms with Crippen molar-refractivity contribution in [1.29, 1.82) is 5.26 Å². The Labute approximate surface area is 129 Å². The molecule has 1 atom stereocenters. The first-order valence-electron chi connectivity index (χ1n) is 6.42. The van der Waals surface area contributed by atoms with Crippen LogP contribution in [0.3, 0.4) is 0 Å². The first-order valence-corrected chi connectivity index (χ1v) is 7.97. The maximum absolute atomic E-state index is 11.3. The van der Waals surface area contributed by atoms with E-state index in [4.69, 9.17) is 10.4 Å². The number of hydrogen-bond acceptors (Lipinski definition) is 6. The Morgan fingerprint density at radius 3 is 2.27 bits per heavy atom. The first kappa shape index (κ1) is 15.9. The summed E-state index contributed by atoms with van der Waals surface area (Å²) in [6.45, 7) is 1.95. The van der Waals surface area contributed by atoms with Crippen LogP contribution in [0.25, 0.3) is 0 Å². The van der Waals surface area contributed by atoms with Crippen molar-refractivity contribution in [2.45, 2.75) is 17.9 Å². The lowest BCUT2D eigenvalue weighted by Gasteiger charge is -2.25. The van der Waals surface area contributed by atoms with Crippen molar-refractivity contribution in [3.8, 4) is 6.07 Å². The van der Waals surface area contributed by atoms with Gasteiger partial charge in [0.2, 0.25) is 10.0 Å². The highest BCUT2D eigenvalue weighted by Crippen LogP contribution is 2.24. The highest BCUT2D eigenvalue weighted by Gasteiger charge is 2.15. The van der Waals surface area contributed by atoms with Gasteiger partial charge in [-0.1, -0.05) is 12.1 Å². The molecule has 2 aromatic rings. The highest BCUT2D eigenvalue weighted by molar-refractivity contribution is 7.89. The zero-order valence-electron chi connectivity index (χ0n) is 12.1. The minimum Gasteiger partial charge on any atom is -0.351 e. The number of nitriles is 1. The SMILES string of the molecule is CC(c1ccc(S(N)(=O)=O)cc1)N(C)c1ccc(C#N)nn1. The lowest BCUT2D eigenvalue weighted by Crippen LogP contribution is -2.23. The normalized spacial score (nSPS) is 12.5. The molecule has 0 radical (unpaired) electrons. The van der Waals surface area contributed by atoms with E-state index < -0.39 is 10.0 Å². The van der Waals surface area contributed by atoms with Crippen LogP contribution in [-0.4, -0.2) is 25.7 Å². The summed E-state index contributed by atoms with van der Waals surface area (Å²) < 4.78 is 22.5. The molecule has 0 aliphatic heterocycles. The van der Waals surface area contributed by atoms with Crippen LogP contribution in [-0.2, 0) is 10.0 Å². The van der Waals surface area contributed by atoms with E-state index in [0.717, 1.165) is 5.56 Å². The minimum atomic E-state index is -3.69. The quantitative estimate of drug-likeness (QED) is 0.906. The molecule has 2 N–H and O–H groups in total. The Morgan fingerprint density at radius 2 is 1.82 bits per heavy atom. The van der Waals surface area contributed by atoms with E-state index in [0.29, 0.717) is 5.82 Å². The number of hydrogen-bond donors (Lipinski definition) is 1. The molecule has 0 aliphatic carbocycles. The van der Waals surface area contributed by atoms with E-state index in [-0.39, 0.29) is 16.6 Å². The topological polar surface area (TPSA) is 113 Å². The summed E-state index contributed by atoms with van der Waals surface area (Å²) in [5.41, 5.74) is 1.16. The van der Waals surface area contributed by atoms with Crippen LogP contribution in [0, 0.1) is 11.3 Å². The molecule has 0 spiro atoms. The van der Waals surface area contributed by atoms with E-state index in [2.05, 4.69) is 10.2 Å². The van der Waals surface area contributed by atoms with Crippen LogP contribution < -0.4 is 10.0 Å². The third kappa shape index (κ3) is 3.39. The molecule has 1 aromatic heterocycles. The molecule has 0 amide bonds. The predicted octanol–water partition coefficient (Wildman–Crippen LogP) is 1.19. The summed E-state index contributed by atoms with van der Waals surface area (Å²) >= 11 is 0. The van der Waals surface area contributed by atoms with E-state index in [9.17, 15) is 8.42 Å². The zero-order chi connectivity index (χ0) is 16.3. The second kappa shape index (κ2) is 6.09. The summed E-state index contributed by atoms with van der Waals surface area (Å²) in [5, 5.41) is 21.6. The largest absolute Gasteiger partial charge is 0.351 e. The molecule has 1 unspecified atom stereocenters. The van der Waals surface area contributed by atoms with Crippen molar-refractivity contribution >= 4 is 15.8 Å². The van der Waals surface area contributed by atoms with Gasteiger partial charge in [0.05, 0.1) is 10.9 Å². The van der Waals surface area contributed by atoms with E-state index >= 15 is 0 Å². The van der Waals surface area contributed by atoms with E-state index in [1.165, 1.54) is 12.1 Å². The van der Waals surface area contributed by atoms with Gasteiger partial charge in [0.1, 0.15) is 6.07 Å². The van der Waals surface area contributed by atoms with Gasteiger partial charge in [0.25, 0.3) is 0 Å². The van der Waals surface area contributed by atoms with Crippen molar-refractivity contribution in [3.05, 3.63) is 47.7 Å². The first-order chi connectivity index (χ1) is 10.3. The molecule has 8 heteroatoms. The molecule has 0 aliphatic rings. The number of nitrogens with zero attached hydrogens (tertiary/aromatic N) is 4. The fourth-order valence-electron chi connectivity index (χ4n) is 1.93. The number of rotatable bonds is 4. The van der Waals surface area contributed by atoms with Crippen LogP contribution in [0.5, 0.6) is 0 Å². The summed E-state index contributed by atoms with van der Waals surface area (Å²) in [6.07, 6.45) is 0. The van der Waals surface area contributed by atoms with Gasteiger partial charge < -0.3 is 4.90 Å². The van der Waals surface area contributed by atoms with Gasteiger partial charge in [-0.05, 0) is 36.8 Å². The van der Waals surface area contributed by atoms with Gasteiger partial charge >= 0.3 is 0 Å². The monoisotopic (exact) mass is 317 g/mol. The Morgan fingerprint density at radius 1 is 1.18 bits per heavy atom. The summed E-state index contributed by atoms with van der Waals surface area (Å²) in [6, 6.07) is 11.5. The average molecular weight is 317 g/mol. The number of benzene rings is 1. The van der Waals surface area contributed by atoms with Crippen LogP contribution in [0.15, 0.2) is 41.3 Å². The third-order valence-electron chi connectivity index (χ3n) is 3.40. The van der Waals surface area contributed by atoms with Gasteiger partial charge in [-0.25, -0.2) is 13.6 Å². The summed E-state index contributed by atoms with van der Waals surface area (Å²) in [7, 11) is -1.85. The molecule has 2 rings (SSSR count). The third-order valence-corrected chi connectivity index (χ3v) is 4.33. The van der Waals surface area contributed by atoms with Crippen molar-refractivity contribution in [3.63, 3.8) is 0 Å². The van der Waals surface area contributed by atoms with Gasteiger partial charge in [-0.2, -0.15) is 5.26 Å². The predicted molar refractivity (Wildman–Crippen MR) is 81.4 cm³/mol. The van der Waals surface area contributed by atoms with Crippen LogP contribution in [0.4, 0.5) is 5.82 Å². The van der Waals surface area contributed by atoms with Crippen LogP contribution >= 0.6 is 0 Å². The lowest BCUT2D eigenvalue weighted by atomic mass is 10.1. The smallest absolute Gasteiger partial charge is 0.238 e. The second-order valence-corrected chi connectivity index (χ2v) is 6.35. The van der Waals surface area contributed by atoms with Crippen molar-refractivity contribution in [1.82, 2.24) is 10.2 Å². The molecule has 0 saturated heterocycles. The Bertz CT molecular complexity index is 795. The number of primary sulfonamides is 1. The molecule has 22 heavy (non-hydrogen) atoms. The van der Waals surface area contributed by atoms with Gasteiger partial charge in [-0.15, -0.1) is 10.2 Å². The lowest BCUT2D eigenvalue weighted by molar-refractivity contribution is 0.597. The Hall–Kier alpha value is -2.50. The van der Waals surface area contributed by atoms with Crippen molar-refractivity contribution < 1.29 is 8.42 Å². The maximum Gasteiger partial charge on any atom is 0.238 e. The molecular weight excluding hydrogens is 302 g/mol. The van der Waals surface area contributed by atoms with Gasteiger partial charge in [0, 0.05) is 7.05 Å². The molecule has 7 nitrogen and oxygen atoms in total. The molecule has 114 valence electrons. The van der Waals surface area contributed by atoms with Crippen LogP contribution in [0.2, 0.25) is 0 Å². The standard InChI is InChI=1S/C14H15N5O2S/c1-10(11-3-6-13(7-4-11)22(16,20)21)19(2)14-8-5-12(9-15)17-18-14/h3-8,10H,1-2H3,(H2,16,20,21). The number of sulfonamides is 1. The van der Waals surface area contributed by atoms with Gasteiger partial charge in [0.15, 0.2) is 11.5 Å². The number of aromatic nitrogens is 2. The summed E-state index contributed by atoms with van der Waals surface area (Å²) in [4.78, 5) is 1.95. The number of nitrogens with two attached hydrogens (primary N) is 1. The second-order valence-electron chi connectivity index (χ2n) is 4.79. The summed E-state index contributed by atoms with van der Waals surface area (Å²) in [5.74, 6) is 0.613. The fraction of sp³-hybridized carbons (Fsp3) is 0.214. The minimum absolute atomic E-state index is 0.0586. The highest BCUT2D eigenvalue weighted by atomic mass is 32.2. The Kier molecular flexibility index (Phi) is 4.40. The zero-order valence-corrected chi connectivity index (χ0v) is 12.9. The molecule has 1 aromatic carbocycles.